The highest BCUT2D eigenvalue weighted by Crippen LogP contribution is 2.48. The standard InChI is InChI=1S/C15H18F3NO2/c1-14(2,3)21-13(20)19-10-4-5-11(12(16)6-10)9-7-15(17,18)8-9/h4-6,9H,7-8H2,1-3H3,(H,19,20). The fourth-order valence-electron chi connectivity index (χ4n) is 2.24. The van der Waals surface area contributed by atoms with Gasteiger partial charge in [-0.05, 0) is 44.4 Å². The second-order valence-electron chi connectivity index (χ2n) is 6.32. The van der Waals surface area contributed by atoms with Crippen LogP contribution in [0.5, 0.6) is 0 Å². The Balaban J connectivity index is 2.01. The molecule has 1 fully saturated rings. The van der Waals surface area contributed by atoms with E-state index in [-0.39, 0.29) is 24.1 Å². The number of ether oxygens (including phenoxy) is 1. The van der Waals surface area contributed by atoms with E-state index in [0.29, 0.717) is 0 Å². The smallest absolute Gasteiger partial charge is 0.412 e. The third-order valence-electron chi connectivity index (χ3n) is 3.18. The molecule has 1 aliphatic carbocycles. The van der Waals surface area contributed by atoms with Gasteiger partial charge in [0.05, 0.1) is 0 Å². The van der Waals surface area contributed by atoms with Crippen molar-refractivity contribution in [3.8, 4) is 0 Å². The number of carbonyl (C=O) groups is 1. The molecule has 0 saturated heterocycles. The van der Waals surface area contributed by atoms with Crippen LogP contribution < -0.4 is 5.32 Å². The zero-order chi connectivity index (χ0) is 15.8. The fourth-order valence-corrected chi connectivity index (χ4v) is 2.24. The summed E-state index contributed by atoms with van der Waals surface area (Å²) in [7, 11) is 0. The van der Waals surface area contributed by atoms with Gasteiger partial charge in [-0.25, -0.2) is 18.0 Å². The van der Waals surface area contributed by atoms with Crippen LogP contribution in [0.15, 0.2) is 18.2 Å². The van der Waals surface area contributed by atoms with Gasteiger partial charge in [0.2, 0.25) is 5.92 Å². The zero-order valence-electron chi connectivity index (χ0n) is 12.2. The van der Waals surface area contributed by atoms with Crippen molar-refractivity contribution in [2.75, 3.05) is 5.32 Å². The molecule has 3 nitrogen and oxygen atoms in total. The van der Waals surface area contributed by atoms with Crippen LogP contribution in [0.2, 0.25) is 0 Å². The molecular formula is C15H18F3NO2. The Morgan fingerprint density at radius 2 is 1.95 bits per heavy atom. The first-order chi connectivity index (χ1) is 9.56. The van der Waals surface area contributed by atoms with Crippen molar-refractivity contribution in [3.05, 3.63) is 29.6 Å². The monoisotopic (exact) mass is 301 g/mol. The largest absolute Gasteiger partial charge is 0.444 e. The Morgan fingerprint density at radius 3 is 2.43 bits per heavy atom. The normalized spacial score (nSPS) is 18.0. The van der Waals surface area contributed by atoms with Gasteiger partial charge in [0.1, 0.15) is 11.4 Å². The van der Waals surface area contributed by atoms with E-state index < -0.39 is 29.4 Å². The molecule has 0 aliphatic heterocycles. The third-order valence-corrected chi connectivity index (χ3v) is 3.18. The van der Waals surface area contributed by atoms with E-state index >= 15 is 0 Å². The van der Waals surface area contributed by atoms with Gasteiger partial charge in [-0.1, -0.05) is 6.07 Å². The highest BCUT2D eigenvalue weighted by Gasteiger charge is 2.46. The lowest BCUT2D eigenvalue weighted by atomic mass is 9.76. The topological polar surface area (TPSA) is 38.3 Å². The van der Waals surface area contributed by atoms with Gasteiger partial charge in [-0.2, -0.15) is 0 Å². The Labute approximate surface area is 121 Å². The molecule has 0 unspecified atom stereocenters. The van der Waals surface area contributed by atoms with E-state index in [1.165, 1.54) is 12.1 Å². The van der Waals surface area contributed by atoms with E-state index in [1.54, 1.807) is 20.8 Å². The average Bonchev–Trinajstić information content (AvgIpc) is 2.23. The SMILES string of the molecule is CC(C)(C)OC(=O)Nc1ccc(C2CC(F)(F)C2)c(F)c1. The number of hydrogen-bond donors (Lipinski definition) is 1. The molecule has 116 valence electrons. The summed E-state index contributed by atoms with van der Waals surface area (Å²) in [6.45, 7) is 5.15. The number of rotatable bonds is 2. The van der Waals surface area contributed by atoms with Crippen LogP contribution in [-0.4, -0.2) is 17.6 Å². The Morgan fingerprint density at radius 1 is 1.33 bits per heavy atom. The van der Waals surface area contributed by atoms with Crippen molar-refractivity contribution < 1.29 is 22.7 Å². The summed E-state index contributed by atoms with van der Waals surface area (Å²) in [5, 5.41) is 2.41. The molecule has 1 aliphatic rings. The number of nitrogens with one attached hydrogen (secondary N) is 1. The molecule has 21 heavy (non-hydrogen) atoms. The summed E-state index contributed by atoms with van der Waals surface area (Å²) in [6, 6.07) is 4.04. The molecule has 6 heteroatoms. The summed E-state index contributed by atoms with van der Waals surface area (Å²) in [6.07, 6.45) is -1.35. The first kappa shape index (κ1) is 15.7. The zero-order valence-corrected chi connectivity index (χ0v) is 12.2. The lowest BCUT2D eigenvalue weighted by molar-refractivity contribution is -0.0873. The summed E-state index contributed by atoms with van der Waals surface area (Å²) >= 11 is 0. The second-order valence-corrected chi connectivity index (χ2v) is 6.32. The summed E-state index contributed by atoms with van der Waals surface area (Å²) < 4.78 is 44.6. The van der Waals surface area contributed by atoms with E-state index in [2.05, 4.69) is 5.32 Å². The van der Waals surface area contributed by atoms with Crippen LogP contribution in [0.25, 0.3) is 0 Å². The van der Waals surface area contributed by atoms with E-state index in [1.807, 2.05) is 0 Å². The minimum Gasteiger partial charge on any atom is -0.444 e. The molecule has 1 saturated carbocycles. The molecule has 0 radical (unpaired) electrons. The number of alkyl halides is 2. The summed E-state index contributed by atoms with van der Waals surface area (Å²) in [5.41, 5.74) is -0.160. The van der Waals surface area contributed by atoms with E-state index in [0.717, 1.165) is 6.07 Å². The third kappa shape index (κ3) is 4.12. The van der Waals surface area contributed by atoms with Crippen molar-refractivity contribution in [3.63, 3.8) is 0 Å². The number of carbonyl (C=O) groups excluding carboxylic acids is 1. The maximum atomic E-state index is 13.9. The first-order valence-electron chi connectivity index (χ1n) is 6.73. The molecule has 1 aromatic carbocycles. The van der Waals surface area contributed by atoms with Gasteiger partial charge in [-0.3, -0.25) is 5.32 Å². The molecule has 0 atom stereocenters. The Hall–Kier alpha value is -1.72. The molecule has 1 amide bonds. The molecule has 0 aromatic heterocycles. The number of amides is 1. The predicted molar refractivity (Wildman–Crippen MR) is 73.2 cm³/mol. The maximum absolute atomic E-state index is 13.9. The molecule has 0 heterocycles. The fraction of sp³-hybridized carbons (Fsp3) is 0.533. The minimum absolute atomic E-state index is 0.233. The van der Waals surface area contributed by atoms with Crippen molar-refractivity contribution in [1.29, 1.82) is 0 Å². The van der Waals surface area contributed by atoms with E-state index in [4.69, 9.17) is 4.74 Å². The van der Waals surface area contributed by atoms with Crippen molar-refractivity contribution in [2.24, 2.45) is 0 Å². The molecular weight excluding hydrogens is 283 g/mol. The van der Waals surface area contributed by atoms with Crippen LogP contribution in [-0.2, 0) is 4.74 Å². The number of halogens is 3. The molecule has 0 spiro atoms. The lowest BCUT2D eigenvalue weighted by Crippen LogP contribution is -2.34. The van der Waals surface area contributed by atoms with Gasteiger partial charge in [0, 0.05) is 18.5 Å². The summed E-state index contributed by atoms with van der Waals surface area (Å²) in [4.78, 5) is 11.6. The highest BCUT2D eigenvalue weighted by atomic mass is 19.3. The van der Waals surface area contributed by atoms with Crippen molar-refractivity contribution >= 4 is 11.8 Å². The number of hydrogen-bond acceptors (Lipinski definition) is 2. The quantitative estimate of drug-likeness (QED) is 0.861. The predicted octanol–water partition coefficient (Wildman–Crippen LogP) is 4.69. The van der Waals surface area contributed by atoms with Crippen LogP contribution in [0.3, 0.4) is 0 Å². The summed E-state index contributed by atoms with van der Waals surface area (Å²) in [5.74, 6) is -3.75. The number of benzene rings is 1. The van der Waals surface area contributed by atoms with Gasteiger partial charge in [0.15, 0.2) is 0 Å². The Bertz CT molecular complexity index is 544. The van der Waals surface area contributed by atoms with Gasteiger partial charge >= 0.3 is 6.09 Å². The van der Waals surface area contributed by atoms with E-state index in [9.17, 15) is 18.0 Å². The first-order valence-corrected chi connectivity index (χ1v) is 6.73. The molecule has 2 rings (SSSR count). The molecule has 1 aromatic rings. The average molecular weight is 301 g/mol. The van der Waals surface area contributed by atoms with Gasteiger partial charge < -0.3 is 4.74 Å². The Kier molecular flexibility index (Phi) is 3.91. The van der Waals surface area contributed by atoms with Crippen LogP contribution in [0.1, 0.15) is 45.1 Å². The maximum Gasteiger partial charge on any atom is 0.412 e. The lowest BCUT2D eigenvalue weighted by Gasteiger charge is -2.35. The van der Waals surface area contributed by atoms with Crippen LogP contribution >= 0.6 is 0 Å². The van der Waals surface area contributed by atoms with Crippen LogP contribution in [0.4, 0.5) is 23.7 Å². The highest BCUT2D eigenvalue weighted by molar-refractivity contribution is 5.84. The molecule has 0 bridgehead atoms. The minimum atomic E-state index is -2.69. The van der Waals surface area contributed by atoms with Crippen LogP contribution in [0, 0.1) is 5.82 Å². The second kappa shape index (κ2) is 5.24. The van der Waals surface area contributed by atoms with Gasteiger partial charge in [-0.15, -0.1) is 0 Å². The van der Waals surface area contributed by atoms with Crippen molar-refractivity contribution in [1.82, 2.24) is 0 Å². The van der Waals surface area contributed by atoms with Gasteiger partial charge in [0.25, 0.3) is 0 Å². The molecule has 1 N–H and O–H groups in total. The van der Waals surface area contributed by atoms with Crippen molar-refractivity contribution in [2.45, 2.75) is 51.1 Å². The number of anilines is 1.